The smallest absolute Gasteiger partial charge is 0.251 e. The Kier molecular flexibility index (Phi) is 6.72. The molecule has 1 atom stereocenters. The molecule has 8 heteroatoms. The molecule has 0 aliphatic rings. The van der Waals surface area contributed by atoms with Gasteiger partial charge >= 0.3 is 0 Å². The van der Waals surface area contributed by atoms with Crippen molar-refractivity contribution >= 4 is 33.8 Å². The first-order valence-corrected chi connectivity index (χ1v) is 11.5. The van der Waals surface area contributed by atoms with E-state index in [-0.39, 0.29) is 5.56 Å². The lowest BCUT2D eigenvalue weighted by Gasteiger charge is -2.13. The van der Waals surface area contributed by atoms with Crippen LogP contribution in [-0.4, -0.2) is 19.1 Å². The first-order chi connectivity index (χ1) is 15.8. The van der Waals surface area contributed by atoms with Crippen molar-refractivity contribution in [3.8, 4) is 10.4 Å². The lowest BCUT2D eigenvalue weighted by Crippen LogP contribution is -2.16. The lowest BCUT2D eigenvalue weighted by molar-refractivity contribution is 0.394. The summed E-state index contributed by atoms with van der Waals surface area (Å²) in [7, 11) is 3.63. The highest BCUT2D eigenvalue weighted by Crippen LogP contribution is 2.34. The standard InChI is InChI=1S/C21H16ClFN2OS.C4H6N2/c1-12-7-19(27-11-12)16-9-20(26)25(2)18-10-24-17(8-15(16)18)21(23)13-3-5-14(22)6-4-13;1-6-3-2-5-4-6/h3-11,21H,1-2H3;2-4H,1H3. The van der Waals surface area contributed by atoms with Crippen LogP contribution in [0, 0.1) is 6.92 Å². The zero-order valence-corrected chi connectivity index (χ0v) is 19.9. The molecule has 1 unspecified atom stereocenters. The van der Waals surface area contributed by atoms with Gasteiger partial charge in [0.1, 0.15) is 0 Å². The SMILES string of the molecule is Cc1csc(-c2cc(=O)n(C)c3cnc(C(F)c4ccc(Cl)cc4)cc23)c1.Cn1ccnc1. The molecule has 4 aromatic heterocycles. The second-order valence-electron chi connectivity index (χ2n) is 7.71. The van der Waals surface area contributed by atoms with E-state index in [1.165, 1.54) is 4.57 Å². The van der Waals surface area contributed by atoms with Gasteiger partial charge < -0.3 is 9.13 Å². The number of halogens is 2. The Bertz CT molecular complexity index is 1440. The third-order valence-corrected chi connectivity index (χ3v) is 6.54. The topological polar surface area (TPSA) is 52.7 Å². The van der Waals surface area contributed by atoms with Gasteiger partial charge in [-0.15, -0.1) is 11.3 Å². The summed E-state index contributed by atoms with van der Waals surface area (Å²) in [5.74, 6) is 0. The third-order valence-electron chi connectivity index (χ3n) is 5.21. The average Bonchev–Trinajstić information content (AvgIpc) is 3.47. The normalized spacial score (nSPS) is 11.8. The summed E-state index contributed by atoms with van der Waals surface area (Å²) in [4.78, 5) is 21.4. The molecule has 0 saturated carbocycles. The van der Waals surface area contributed by atoms with Crippen molar-refractivity contribution in [2.75, 3.05) is 0 Å². The van der Waals surface area contributed by atoms with Crippen LogP contribution < -0.4 is 5.56 Å². The maximum absolute atomic E-state index is 15.1. The summed E-state index contributed by atoms with van der Waals surface area (Å²) in [5, 5.41) is 3.40. The van der Waals surface area contributed by atoms with E-state index in [1.54, 1.807) is 73.5 Å². The highest BCUT2D eigenvalue weighted by molar-refractivity contribution is 7.13. The van der Waals surface area contributed by atoms with Gasteiger partial charge in [-0.2, -0.15) is 0 Å². The molecule has 0 fully saturated rings. The minimum Gasteiger partial charge on any atom is -0.341 e. The average molecular weight is 481 g/mol. The fourth-order valence-electron chi connectivity index (χ4n) is 3.41. The van der Waals surface area contributed by atoms with Crippen molar-refractivity contribution in [1.29, 1.82) is 0 Å². The van der Waals surface area contributed by atoms with Gasteiger partial charge in [-0.1, -0.05) is 23.7 Å². The molecule has 5 rings (SSSR count). The van der Waals surface area contributed by atoms with Gasteiger partial charge in [0.2, 0.25) is 0 Å². The fraction of sp³-hybridized carbons (Fsp3) is 0.160. The van der Waals surface area contributed by atoms with Crippen molar-refractivity contribution in [1.82, 2.24) is 19.1 Å². The predicted octanol–water partition coefficient (Wildman–Crippen LogP) is 6.10. The maximum Gasteiger partial charge on any atom is 0.251 e. The second kappa shape index (κ2) is 9.68. The highest BCUT2D eigenvalue weighted by Gasteiger charge is 2.18. The van der Waals surface area contributed by atoms with Gasteiger partial charge in [0.05, 0.1) is 23.7 Å². The molecule has 0 aliphatic carbocycles. The van der Waals surface area contributed by atoms with Gasteiger partial charge in [0, 0.05) is 53.4 Å². The number of thiophene rings is 1. The summed E-state index contributed by atoms with van der Waals surface area (Å²) >= 11 is 7.46. The maximum atomic E-state index is 15.1. The largest absolute Gasteiger partial charge is 0.341 e. The van der Waals surface area contributed by atoms with Crippen LogP contribution in [0.2, 0.25) is 5.02 Å². The van der Waals surface area contributed by atoms with Gasteiger partial charge in [0.25, 0.3) is 5.56 Å². The molecule has 0 bridgehead atoms. The van der Waals surface area contributed by atoms with Crippen LogP contribution in [0.1, 0.15) is 23.0 Å². The van der Waals surface area contributed by atoms with Crippen molar-refractivity contribution in [3.05, 3.63) is 105 Å². The molecular formula is C25H22ClFN4OS. The van der Waals surface area contributed by atoms with Gasteiger partial charge in [0.15, 0.2) is 6.17 Å². The van der Waals surface area contributed by atoms with E-state index in [1.807, 2.05) is 36.2 Å². The third kappa shape index (κ3) is 5.05. The van der Waals surface area contributed by atoms with Crippen LogP contribution in [0.15, 0.2) is 77.6 Å². The van der Waals surface area contributed by atoms with Crippen LogP contribution in [0.5, 0.6) is 0 Å². The van der Waals surface area contributed by atoms with Crippen LogP contribution in [0.3, 0.4) is 0 Å². The number of hydrogen-bond acceptors (Lipinski definition) is 4. The number of imidazole rings is 1. The van der Waals surface area contributed by atoms with E-state index >= 15 is 4.39 Å². The van der Waals surface area contributed by atoms with E-state index in [9.17, 15) is 4.79 Å². The minimum absolute atomic E-state index is 0.118. The zero-order chi connectivity index (χ0) is 23.5. The second-order valence-corrected chi connectivity index (χ2v) is 9.06. The number of nitrogens with zero attached hydrogens (tertiary/aromatic N) is 4. The fourth-order valence-corrected chi connectivity index (χ4v) is 4.46. The van der Waals surface area contributed by atoms with Gasteiger partial charge in [-0.25, -0.2) is 9.37 Å². The molecular weight excluding hydrogens is 459 g/mol. The molecule has 0 saturated heterocycles. The quantitative estimate of drug-likeness (QED) is 0.313. The van der Waals surface area contributed by atoms with Crippen molar-refractivity contribution < 1.29 is 4.39 Å². The van der Waals surface area contributed by atoms with Crippen LogP contribution in [0.25, 0.3) is 21.3 Å². The molecule has 0 N–H and O–H groups in total. The Labute approximate surface area is 199 Å². The van der Waals surface area contributed by atoms with Crippen molar-refractivity contribution in [2.45, 2.75) is 13.1 Å². The minimum atomic E-state index is -1.37. The molecule has 0 spiro atoms. The number of hydrogen-bond donors (Lipinski definition) is 0. The molecule has 4 heterocycles. The zero-order valence-electron chi connectivity index (χ0n) is 18.4. The summed E-state index contributed by atoms with van der Waals surface area (Å²) in [6, 6.07) is 12.0. The first kappa shape index (κ1) is 22.9. The number of fused-ring (bicyclic) bond motifs is 1. The molecule has 5 aromatic rings. The van der Waals surface area contributed by atoms with Crippen LogP contribution in [0.4, 0.5) is 4.39 Å². The Morgan fingerprint density at radius 3 is 2.45 bits per heavy atom. The molecule has 0 radical (unpaired) electrons. The molecule has 33 heavy (non-hydrogen) atoms. The summed E-state index contributed by atoms with van der Waals surface area (Å²) in [5.41, 5.74) is 3.28. The van der Waals surface area contributed by atoms with Crippen molar-refractivity contribution in [2.24, 2.45) is 14.1 Å². The first-order valence-electron chi connectivity index (χ1n) is 10.2. The monoisotopic (exact) mass is 480 g/mol. The number of benzene rings is 1. The Balaban J connectivity index is 0.000000376. The molecule has 0 aliphatic heterocycles. The van der Waals surface area contributed by atoms with Crippen molar-refractivity contribution in [3.63, 3.8) is 0 Å². The lowest BCUT2D eigenvalue weighted by atomic mass is 10.0. The summed E-state index contributed by atoms with van der Waals surface area (Å²) in [6.07, 6.45) is 5.58. The van der Waals surface area contributed by atoms with Crippen LogP contribution in [-0.2, 0) is 14.1 Å². The highest BCUT2D eigenvalue weighted by atomic mass is 35.5. The number of rotatable bonds is 3. The number of pyridine rings is 2. The molecule has 5 nitrogen and oxygen atoms in total. The predicted molar refractivity (Wildman–Crippen MR) is 133 cm³/mol. The van der Waals surface area contributed by atoms with Gasteiger partial charge in [-0.05, 0) is 47.7 Å². The summed E-state index contributed by atoms with van der Waals surface area (Å²) in [6.45, 7) is 2.01. The number of aromatic nitrogens is 4. The summed E-state index contributed by atoms with van der Waals surface area (Å²) < 4.78 is 18.5. The number of alkyl halides is 1. The Hall–Kier alpha value is -3.29. The van der Waals surface area contributed by atoms with E-state index in [4.69, 9.17) is 11.6 Å². The molecule has 1 aromatic carbocycles. The molecule has 0 amide bonds. The Morgan fingerprint density at radius 1 is 1.12 bits per heavy atom. The van der Waals surface area contributed by atoms with E-state index in [0.29, 0.717) is 21.8 Å². The number of aryl methyl sites for hydroxylation is 3. The van der Waals surface area contributed by atoms with Gasteiger partial charge in [-0.3, -0.25) is 9.78 Å². The molecule has 168 valence electrons. The van der Waals surface area contributed by atoms with E-state index < -0.39 is 6.17 Å². The van der Waals surface area contributed by atoms with E-state index in [0.717, 1.165) is 21.4 Å². The Morgan fingerprint density at radius 2 is 1.88 bits per heavy atom. The van der Waals surface area contributed by atoms with Crippen LogP contribution >= 0.6 is 22.9 Å². The van der Waals surface area contributed by atoms with E-state index in [2.05, 4.69) is 9.97 Å².